The quantitative estimate of drug-likeness (QED) is 0.658. The standard InChI is InChI=1S/C18H14N2O4/c1-24-17(22)7-12-4-2-11(3-5-12)6-14-13(9-19)8-16(21)18(23)15(14)10-20/h2-5,8,21,23H,6-7H2,1H3. The van der Waals surface area contributed by atoms with E-state index < -0.39 is 11.5 Å². The Morgan fingerprint density at radius 3 is 2.29 bits per heavy atom. The van der Waals surface area contributed by atoms with Crippen LogP contribution in [0.5, 0.6) is 11.5 Å². The molecule has 6 nitrogen and oxygen atoms in total. The smallest absolute Gasteiger partial charge is 0.309 e. The van der Waals surface area contributed by atoms with Crippen molar-refractivity contribution < 1.29 is 19.7 Å². The van der Waals surface area contributed by atoms with Crippen LogP contribution < -0.4 is 0 Å². The zero-order chi connectivity index (χ0) is 17.7. The van der Waals surface area contributed by atoms with Gasteiger partial charge in [0.2, 0.25) is 0 Å². The van der Waals surface area contributed by atoms with Crippen molar-refractivity contribution in [1.29, 1.82) is 10.5 Å². The van der Waals surface area contributed by atoms with Gasteiger partial charge >= 0.3 is 5.97 Å². The van der Waals surface area contributed by atoms with Gasteiger partial charge in [0.25, 0.3) is 0 Å². The minimum atomic E-state index is -0.534. The molecule has 2 N–H and O–H groups in total. The minimum Gasteiger partial charge on any atom is -0.504 e. The molecule has 120 valence electrons. The monoisotopic (exact) mass is 322 g/mol. The number of esters is 1. The highest BCUT2D eigenvalue weighted by Crippen LogP contribution is 2.34. The topological polar surface area (TPSA) is 114 Å². The molecule has 0 radical (unpaired) electrons. The Hall–Kier alpha value is -3.51. The summed E-state index contributed by atoms with van der Waals surface area (Å²) in [4.78, 5) is 11.2. The van der Waals surface area contributed by atoms with Crippen LogP contribution in [0, 0.1) is 22.7 Å². The minimum absolute atomic E-state index is 0.120. The number of hydrogen-bond acceptors (Lipinski definition) is 6. The fourth-order valence-electron chi connectivity index (χ4n) is 2.32. The van der Waals surface area contributed by atoms with E-state index in [1.54, 1.807) is 24.3 Å². The van der Waals surface area contributed by atoms with Gasteiger partial charge in [-0.05, 0) is 16.7 Å². The van der Waals surface area contributed by atoms with Crippen LogP contribution in [-0.4, -0.2) is 23.3 Å². The van der Waals surface area contributed by atoms with E-state index in [0.717, 1.165) is 17.2 Å². The van der Waals surface area contributed by atoms with Crippen LogP contribution >= 0.6 is 0 Å². The summed E-state index contributed by atoms with van der Waals surface area (Å²) in [6.45, 7) is 0. The Labute approximate surface area is 138 Å². The van der Waals surface area contributed by atoms with E-state index in [1.165, 1.54) is 7.11 Å². The second-order valence-electron chi connectivity index (χ2n) is 5.12. The van der Waals surface area contributed by atoms with E-state index in [0.29, 0.717) is 5.56 Å². The molecule has 0 amide bonds. The molecule has 0 fully saturated rings. The Morgan fingerprint density at radius 1 is 1.12 bits per heavy atom. The molecule has 0 spiro atoms. The van der Waals surface area contributed by atoms with Crippen LogP contribution in [0.2, 0.25) is 0 Å². The van der Waals surface area contributed by atoms with E-state index in [-0.39, 0.29) is 29.9 Å². The predicted molar refractivity (Wildman–Crippen MR) is 84.2 cm³/mol. The van der Waals surface area contributed by atoms with Gasteiger partial charge in [0.1, 0.15) is 11.6 Å². The normalized spacial score (nSPS) is 9.79. The zero-order valence-electron chi connectivity index (χ0n) is 12.9. The highest BCUT2D eigenvalue weighted by atomic mass is 16.5. The average molecular weight is 322 g/mol. The van der Waals surface area contributed by atoms with Gasteiger partial charge in [0.05, 0.1) is 25.2 Å². The fraction of sp³-hybridized carbons (Fsp3) is 0.167. The van der Waals surface area contributed by atoms with Crippen molar-refractivity contribution in [1.82, 2.24) is 0 Å². The van der Waals surface area contributed by atoms with Crippen molar-refractivity contribution >= 4 is 5.97 Å². The summed E-state index contributed by atoms with van der Waals surface area (Å²) in [5.41, 5.74) is 1.92. The lowest BCUT2D eigenvalue weighted by molar-refractivity contribution is -0.139. The maximum atomic E-state index is 11.2. The number of phenols is 2. The third-order valence-corrected chi connectivity index (χ3v) is 3.60. The van der Waals surface area contributed by atoms with Crippen molar-refractivity contribution in [3.05, 3.63) is 58.1 Å². The average Bonchev–Trinajstić information content (AvgIpc) is 2.59. The third kappa shape index (κ3) is 3.45. The van der Waals surface area contributed by atoms with Crippen molar-refractivity contribution in [2.24, 2.45) is 0 Å². The van der Waals surface area contributed by atoms with Crippen LogP contribution in [0.25, 0.3) is 0 Å². The molecule has 0 aliphatic carbocycles. The van der Waals surface area contributed by atoms with Crippen LogP contribution in [0.1, 0.15) is 27.8 Å². The first-order valence-corrected chi connectivity index (χ1v) is 7.02. The summed E-state index contributed by atoms with van der Waals surface area (Å²) in [7, 11) is 1.32. The number of nitriles is 2. The maximum absolute atomic E-state index is 11.2. The van der Waals surface area contributed by atoms with Gasteiger partial charge in [0.15, 0.2) is 11.5 Å². The van der Waals surface area contributed by atoms with Crippen LogP contribution in [0.4, 0.5) is 0 Å². The van der Waals surface area contributed by atoms with Crippen LogP contribution in [0.3, 0.4) is 0 Å². The number of benzene rings is 2. The number of hydrogen-bond donors (Lipinski definition) is 2. The Morgan fingerprint density at radius 2 is 1.75 bits per heavy atom. The van der Waals surface area contributed by atoms with Gasteiger partial charge in [-0.2, -0.15) is 10.5 Å². The molecule has 0 aliphatic heterocycles. The van der Waals surface area contributed by atoms with Crippen LogP contribution in [-0.2, 0) is 22.4 Å². The van der Waals surface area contributed by atoms with Crippen molar-refractivity contribution in [2.75, 3.05) is 7.11 Å². The van der Waals surface area contributed by atoms with Crippen molar-refractivity contribution in [3.63, 3.8) is 0 Å². The molecule has 2 aromatic carbocycles. The molecule has 0 aliphatic rings. The number of carbonyl (C=O) groups is 1. The van der Waals surface area contributed by atoms with E-state index >= 15 is 0 Å². The number of nitrogens with zero attached hydrogens (tertiary/aromatic N) is 2. The SMILES string of the molecule is COC(=O)Cc1ccc(Cc2c(C#N)cc(O)c(O)c2C#N)cc1. The number of phenolic OH excluding ortho intramolecular Hbond substituents is 2. The fourth-order valence-corrected chi connectivity index (χ4v) is 2.32. The molecule has 0 aromatic heterocycles. The van der Waals surface area contributed by atoms with E-state index in [2.05, 4.69) is 4.74 Å². The lowest BCUT2D eigenvalue weighted by Crippen LogP contribution is -2.04. The highest BCUT2D eigenvalue weighted by molar-refractivity contribution is 5.72. The molecule has 24 heavy (non-hydrogen) atoms. The molecule has 0 saturated carbocycles. The summed E-state index contributed by atoms with van der Waals surface area (Å²) in [6.07, 6.45) is 0.391. The first kappa shape index (κ1) is 16.9. The van der Waals surface area contributed by atoms with E-state index in [4.69, 9.17) is 0 Å². The largest absolute Gasteiger partial charge is 0.504 e. The van der Waals surface area contributed by atoms with Gasteiger partial charge in [-0.25, -0.2) is 0 Å². The summed E-state index contributed by atoms with van der Waals surface area (Å²) < 4.78 is 4.60. The van der Waals surface area contributed by atoms with Gasteiger partial charge < -0.3 is 14.9 Å². The Bertz CT molecular complexity index is 859. The lowest BCUT2D eigenvalue weighted by Gasteiger charge is -2.10. The van der Waals surface area contributed by atoms with Gasteiger partial charge in [-0.3, -0.25) is 4.79 Å². The number of carbonyl (C=O) groups excluding carboxylic acids is 1. The highest BCUT2D eigenvalue weighted by Gasteiger charge is 2.17. The Balaban J connectivity index is 2.35. The van der Waals surface area contributed by atoms with E-state index in [1.807, 2.05) is 12.1 Å². The molecule has 0 saturated heterocycles. The zero-order valence-corrected chi connectivity index (χ0v) is 12.9. The molecule has 0 bridgehead atoms. The second kappa shape index (κ2) is 7.17. The molecular formula is C18H14N2O4. The van der Waals surface area contributed by atoms with Crippen molar-refractivity contribution in [3.8, 4) is 23.6 Å². The molecule has 6 heteroatoms. The van der Waals surface area contributed by atoms with Crippen molar-refractivity contribution in [2.45, 2.75) is 12.8 Å². The third-order valence-electron chi connectivity index (χ3n) is 3.60. The number of methoxy groups -OCH3 is 1. The number of aromatic hydroxyl groups is 2. The van der Waals surface area contributed by atoms with Gasteiger partial charge in [-0.15, -0.1) is 0 Å². The summed E-state index contributed by atoms with van der Waals surface area (Å²) in [6, 6.07) is 11.9. The summed E-state index contributed by atoms with van der Waals surface area (Å²) >= 11 is 0. The second-order valence-corrected chi connectivity index (χ2v) is 5.12. The van der Waals surface area contributed by atoms with Gasteiger partial charge in [-0.1, -0.05) is 24.3 Å². The molecular weight excluding hydrogens is 308 g/mol. The molecule has 0 atom stereocenters. The summed E-state index contributed by atoms with van der Waals surface area (Å²) in [5.74, 6) is -1.38. The molecule has 2 rings (SSSR count). The Kier molecular flexibility index (Phi) is 5.03. The molecule has 0 heterocycles. The molecule has 2 aromatic rings. The first-order chi connectivity index (χ1) is 11.5. The lowest BCUT2D eigenvalue weighted by atomic mass is 9.94. The van der Waals surface area contributed by atoms with Crippen LogP contribution in [0.15, 0.2) is 30.3 Å². The maximum Gasteiger partial charge on any atom is 0.309 e. The van der Waals surface area contributed by atoms with Gasteiger partial charge in [0, 0.05) is 12.5 Å². The number of rotatable bonds is 4. The summed E-state index contributed by atoms with van der Waals surface area (Å²) in [5, 5.41) is 37.8. The first-order valence-electron chi connectivity index (χ1n) is 7.02. The van der Waals surface area contributed by atoms with E-state index in [9.17, 15) is 25.5 Å². The number of ether oxygens (including phenoxy) is 1. The molecule has 0 unspecified atom stereocenters. The predicted octanol–water partition coefficient (Wildman–Crippen LogP) is 2.15.